The van der Waals surface area contributed by atoms with Gasteiger partial charge in [-0.1, -0.05) is 75.2 Å². The van der Waals surface area contributed by atoms with Crippen molar-refractivity contribution in [3.63, 3.8) is 0 Å². The Balaban J connectivity index is 1.74. The van der Waals surface area contributed by atoms with Crippen molar-refractivity contribution in [3.8, 4) is 0 Å². The number of amides is 2. The molecule has 0 bridgehead atoms. The quantitative estimate of drug-likeness (QED) is 0.280. The summed E-state index contributed by atoms with van der Waals surface area (Å²) in [4.78, 5) is 31.6. The molecular weight excluding hydrogens is 440 g/mol. The molecule has 0 aliphatic rings. The highest BCUT2D eigenvalue weighted by Crippen LogP contribution is 2.16. The maximum absolute atomic E-state index is 13.5. The number of thiophene rings is 1. The average Bonchev–Trinajstić information content (AvgIpc) is 3.38. The summed E-state index contributed by atoms with van der Waals surface area (Å²) in [6.45, 7) is 6.03. The molecule has 0 saturated heterocycles. The Bertz CT molecular complexity index is 1000. The zero-order valence-electron chi connectivity index (χ0n) is 20.4. The van der Waals surface area contributed by atoms with Gasteiger partial charge in [-0.2, -0.15) is 0 Å². The van der Waals surface area contributed by atoms with Crippen LogP contribution in [0.15, 0.2) is 72.1 Å². The first kappa shape index (κ1) is 25.7. The third-order valence-electron chi connectivity index (χ3n) is 5.91. The van der Waals surface area contributed by atoms with Crippen molar-refractivity contribution in [1.82, 2.24) is 9.80 Å². The lowest BCUT2D eigenvalue weighted by Gasteiger charge is -2.28. The van der Waals surface area contributed by atoms with E-state index in [-0.39, 0.29) is 18.4 Å². The molecule has 0 atom stereocenters. The highest BCUT2D eigenvalue weighted by atomic mass is 32.1. The number of carbonyl (C=O) groups is 2. The van der Waals surface area contributed by atoms with Gasteiger partial charge in [-0.15, -0.1) is 11.3 Å². The molecule has 0 unspecified atom stereocenters. The SMILES string of the molecule is CCCCc1ccc(C(=O)N(CCCC)CC(=O)N(Cc2ccccc2)Cc2cccs2)cc1. The van der Waals surface area contributed by atoms with Gasteiger partial charge in [0.2, 0.25) is 5.91 Å². The van der Waals surface area contributed by atoms with Crippen LogP contribution in [0.5, 0.6) is 0 Å². The predicted molar refractivity (Wildman–Crippen MR) is 141 cm³/mol. The lowest BCUT2D eigenvalue weighted by Crippen LogP contribution is -2.42. The van der Waals surface area contributed by atoms with Crippen molar-refractivity contribution in [2.45, 2.75) is 59.0 Å². The van der Waals surface area contributed by atoms with E-state index in [0.29, 0.717) is 25.2 Å². The minimum atomic E-state index is -0.0698. The van der Waals surface area contributed by atoms with E-state index in [1.54, 1.807) is 16.2 Å². The van der Waals surface area contributed by atoms with Gasteiger partial charge in [-0.25, -0.2) is 0 Å². The number of hydrogen-bond donors (Lipinski definition) is 0. The molecule has 34 heavy (non-hydrogen) atoms. The van der Waals surface area contributed by atoms with Crippen LogP contribution in [0.2, 0.25) is 0 Å². The zero-order valence-corrected chi connectivity index (χ0v) is 21.2. The molecule has 0 saturated carbocycles. The first-order valence-electron chi connectivity index (χ1n) is 12.3. The Morgan fingerprint density at radius 3 is 2.15 bits per heavy atom. The third kappa shape index (κ3) is 7.84. The molecule has 1 aromatic heterocycles. The van der Waals surface area contributed by atoms with Gasteiger partial charge in [0, 0.05) is 23.5 Å². The number of rotatable bonds is 13. The number of hydrogen-bond acceptors (Lipinski definition) is 3. The summed E-state index contributed by atoms with van der Waals surface area (Å²) in [7, 11) is 0. The molecule has 1 heterocycles. The minimum Gasteiger partial charge on any atom is -0.332 e. The van der Waals surface area contributed by atoms with Crippen molar-refractivity contribution in [2.75, 3.05) is 13.1 Å². The van der Waals surface area contributed by atoms with Crippen molar-refractivity contribution >= 4 is 23.2 Å². The monoisotopic (exact) mass is 476 g/mol. The number of carbonyl (C=O) groups excluding carboxylic acids is 2. The minimum absolute atomic E-state index is 0.0266. The average molecular weight is 477 g/mol. The summed E-state index contributed by atoms with van der Waals surface area (Å²) in [6, 6.07) is 22.0. The summed E-state index contributed by atoms with van der Waals surface area (Å²) < 4.78 is 0. The molecule has 0 fully saturated rings. The van der Waals surface area contributed by atoms with E-state index >= 15 is 0 Å². The fourth-order valence-corrected chi connectivity index (χ4v) is 4.59. The molecule has 3 rings (SSSR count). The number of unbranched alkanes of at least 4 members (excludes halogenated alkanes) is 2. The highest BCUT2D eigenvalue weighted by molar-refractivity contribution is 7.09. The lowest BCUT2D eigenvalue weighted by atomic mass is 10.1. The Kier molecular flexibility index (Phi) is 10.4. The maximum Gasteiger partial charge on any atom is 0.254 e. The fourth-order valence-electron chi connectivity index (χ4n) is 3.87. The molecule has 0 aliphatic carbocycles. The van der Waals surface area contributed by atoms with Crippen LogP contribution in [0, 0.1) is 0 Å². The molecule has 4 nitrogen and oxygen atoms in total. The van der Waals surface area contributed by atoms with E-state index in [0.717, 1.165) is 42.5 Å². The molecule has 0 spiro atoms. The predicted octanol–water partition coefficient (Wildman–Crippen LogP) is 6.56. The summed E-state index contributed by atoms with van der Waals surface area (Å²) in [6.07, 6.45) is 5.17. The van der Waals surface area contributed by atoms with Crippen LogP contribution in [0.4, 0.5) is 0 Å². The standard InChI is InChI=1S/C29H36N2O2S/c1-3-5-11-24-15-17-26(18-16-24)29(33)30(19-6-4-2)23-28(32)31(22-27-14-10-20-34-27)21-25-12-8-7-9-13-25/h7-10,12-18,20H,3-6,11,19,21-23H2,1-2H3. The first-order chi connectivity index (χ1) is 16.6. The van der Waals surface area contributed by atoms with Crippen LogP contribution in [-0.2, 0) is 24.3 Å². The van der Waals surface area contributed by atoms with Crippen molar-refractivity contribution < 1.29 is 9.59 Å². The molecule has 0 radical (unpaired) electrons. The van der Waals surface area contributed by atoms with E-state index in [1.165, 1.54) is 5.56 Å². The van der Waals surface area contributed by atoms with E-state index in [4.69, 9.17) is 0 Å². The summed E-state index contributed by atoms with van der Waals surface area (Å²) in [5, 5.41) is 2.03. The van der Waals surface area contributed by atoms with Gasteiger partial charge in [0.15, 0.2) is 0 Å². The highest BCUT2D eigenvalue weighted by Gasteiger charge is 2.23. The van der Waals surface area contributed by atoms with Crippen LogP contribution < -0.4 is 0 Å². The molecule has 2 aromatic carbocycles. The topological polar surface area (TPSA) is 40.6 Å². The number of nitrogens with zero attached hydrogens (tertiary/aromatic N) is 2. The van der Waals surface area contributed by atoms with Crippen molar-refractivity contribution in [2.24, 2.45) is 0 Å². The summed E-state index contributed by atoms with van der Waals surface area (Å²) in [5.41, 5.74) is 2.98. The summed E-state index contributed by atoms with van der Waals surface area (Å²) in [5.74, 6) is -0.0964. The van der Waals surface area contributed by atoms with Gasteiger partial charge in [-0.05, 0) is 54.0 Å². The van der Waals surface area contributed by atoms with Gasteiger partial charge in [0.25, 0.3) is 5.91 Å². The second kappa shape index (κ2) is 13.7. The van der Waals surface area contributed by atoms with Gasteiger partial charge >= 0.3 is 0 Å². The summed E-state index contributed by atoms with van der Waals surface area (Å²) >= 11 is 1.65. The zero-order chi connectivity index (χ0) is 24.2. The Labute approximate surface area is 208 Å². The van der Waals surface area contributed by atoms with E-state index < -0.39 is 0 Å². The van der Waals surface area contributed by atoms with E-state index in [9.17, 15) is 9.59 Å². The second-order valence-corrected chi connectivity index (χ2v) is 9.73. The molecular formula is C29H36N2O2S. The molecule has 3 aromatic rings. The van der Waals surface area contributed by atoms with E-state index in [1.807, 2.05) is 70.9 Å². The van der Waals surface area contributed by atoms with Crippen LogP contribution >= 0.6 is 11.3 Å². The molecule has 0 aliphatic heterocycles. The van der Waals surface area contributed by atoms with Crippen molar-refractivity contribution in [3.05, 3.63) is 93.7 Å². The first-order valence-corrected chi connectivity index (χ1v) is 13.2. The Morgan fingerprint density at radius 2 is 1.50 bits per heavy atom. The second-order valence-electron chi connectivity index (χ2n) is 8.70. The molecule has 180 valence electrons. The lowest BCUT2D eigenvalue weighted by molar-refractivity contribution is -0.133. The van der Waals surface area contributed by atoms with Crippen LogP contribution in [-0.4, -0.2) is 34.7 Å². The van der Waals surface area contributed by atoms with Gasteiger partial charge < -0.3 is 9.80 Å². The largest absolute Gasteiger partial charge is 0.332 e. The van der Waals surface area contributed by atoms with Gasteiger partial charge in [-0.3, -0.25) is 9.59 Å². The van der Waals surface area contributed by atoms with E-state index in [2.05, 4.69) is 19.9 Å². The van der Waals surface area contributed by atoms with Crippen LogP contribution in [0.1, 0.15) is 65.9 Å². The Morgan fingerprint density at radius 1 is 0.765 bits per heavy atom. The normalized spacial score (nSPS) is 10.8. The number of aryl methyl sites for hydroxylation is 1. The van der Waals surface area contributed by atoms with Crippen molar-refractivity contribution in [1.29, 1.82) is 0 Å². The van der Waals surface area contributed by atoms with Gasteiger partial charge in [0.1, 0.15) is 6.54 Å². The van der Waals surface area contributed by atoms with Crippen LogP contribution in [0.25, 0.3) is 0 Å². The Hall–Kier alpha value is -2.92. The smallest absolute Gasteiger partial charge is 0.254 e. The van der Waals surface area contributed by atoms with Gasteiger partial charge in [0.05, 0.1) is 6.54 Å². The maximum atomic E-state index is 13.5. The fraction of sp³-hybridized carbons (Fsp3) is 0.379. The number of benzene rings is 2. The van der Waals surface area contributed by atoms with Crippen LogP contribution in [0.3, 0.4) is 0 Å². The molecule has 2 amide bonds. The molecule has 0 N–H and O–H groups in total. The third-order valence-corrected chi connectivity index (χ3v) is 6.77. The molecule has 5 heteroatoms.